The molecular weight excluding hydrogens is 313 g/mol. The number of halogens is 3. The molecule has 0 saturated carbocycles. The summed E-state index contributed by atoms with van der Waals surface area (Å²) in [6, 6.07) is 4.69. The molecule has 0 bridgehead atoms. The van der Waals surface area contributed by atoms with Crippen molar-refractivity contribution in [1.29, 1.82) is 0 Å². The van der Waals surface area contributed by atoms with E-state index in [1.54, 1.807) is 0 Å². The molecule has 2 amide bonds. The molecule has 23 heavy (non-hydrogen) atoms. The number of hydrogen-bond acceptors (Lipinski definition) is 3. The summed E-state index contributed by atoms with van der Waals surface area (Å²) in [6.45, 7) is 1.69. The zero-order valence-electron chi connectivity index (χ0n) is 12.9. The van der Waals surface area contributed by atoms with Gasteiger partial charge in [0, 0.05) is 27.2 Å². The highest BCUT2D eigenvalue weighted by Crippen LogP contribution is 2.34. The van der Waals surface area contributed by atoms with Crippen LogP contribution in [0.5, 0.6) is 0 Å². The first-order valence-electron chi connectivity index (χ1n) is 6.96. The number of nitrogens with zero attached hydrogens (tertiary/aromatic N) is 1. The lowest BCUT2D eigenvalue weighted by atomic mass is 10.1. The van der Waals surface area contributed by atoms with Crippen LogP contribution in [0.3, 0.4) is 0 Å². The van der Waals surface area contributed by atoms with Crippen molar-refractivity contribution in [2.24, 2.45) is 0 Å². The lowest BCUT2D eigenvalue weighted by Crippen LogP contribution is -2.37. The maximum Gasteiger partial charge on any atom is 0.418 e. The fourth-order valence-corrected chi connectivity index (χ4v) is 1.95. The number of carbonyl (C=O) groups is 2. The van der Waals surface area contributed by atoms with E-state index in [0.29, 0.717) is 13.0 Å². The molecule has 0 spiro atoms. The van der Waals surface area contributed by atoms with Gasteiger partial charge in [0.2, 0.25) is 11.8 Å². The second-order valence-corrected chi connectivity index (χ2v) is 4.88. The van der Waals surface area contributed by atoms with Crippen molar-refractivity contribution in [2.45, 2.75) is 19.5 Å². The first-order chi connectivity index (χ1) is 10.8. The van der Waals surface area contributed by atoms with Gasteiger partial charge in [-0.3, -0.25) is 9.59 Å². The highest BCUT2D eigenvalue weighted by Gasteiger charge is 2.33. The van der Waals surface area contributed by atoms with Crippen molar-refractivity contribution in [2.75, 3.05) is 32.1 Å². The van der Waals surface area contributed by atoms with Gasteiger partial charge < -0.3 is 15.0 Å². The van der Waals surface area contributed by atoms with Crippen LogP contribution < -0.4 is 5.32 Å². The molecule has 0 aliphatic rings. The van der Waals surface area contributed by atoms with Crippen LogP contribution in [0.15, 0.2) is 24.3 Å². The van der Waals surface area contributed by atoms with Crippen molar-refractivity contribution < 1.29 is 27.5 Å². The molecule has 1 aromatic rings. The summed E-state index contributed by atoms with van der Waals surface area (Å²) >= 11 is 0. The number of para-hydroxylation sites is 1. The molecule has 0 radical (unpaired) electrons. The molecule has 1 rings (SSSR count). The monoisotopic (exact) mass is 332 g/mol. The van der Waals surface area contributed by atoms with Crippen molar-refractivity contribution in [3.63, 3.8) is 0 Å². The Labute approximate surface area is 132 Å². The van der Waals surface area contributed by atoms with Crippen molar-refractivity contribution in [1.82, 2.24) is 4.90 Å². The van der Waals surface area contributed by atoms with E-state index in [0.717, 1.165) is 6.07 Å². The predicted molar refractivity (Wildman–Crippen MR) is 78.8 cm³/mol. The topological polar surface area (TPSA) is 58.6 Å². The number of nitrogens with one attached hydrogen (secondary N) is 1. The van der Waals surface area contributed by atoms with Crippen LogP contribution in [0.2, 0.25) is 0 Å². The Morgan fingerprint density at radius 2 is 1.91 bits per heavy atom. The molecule has 5 nitrogen and oxygen atoms in total. The molecule has 128 valence electrons. The lowest BCUT2D eigenvalue weighted by molar-refractivity contribution is -0.137. The van der Waals surface area contributed by atoms with Gasteiger partial charge in [0.05, 0.1) is 17.8 Å². The largest absolute Gasteiger partial charge is 0.418 e. The standard InChI is InChI=1S/C15H19F3N2O3/c1-11(21)20(8-5-9-23-2)10-14(22)19-13-7-4-3-6-12(13)15(16,17)18/h3-4,6-7H,5,8-10H2,1-2H3,(H,19,22). The Hall–Kier alpha value is -2.09. The first kappa shape index (κ1) is 19.0. The summed E-state index contributed by atoms with van der Waals surface area (Å²) in [5.41, 5.74) is -1.26. The van der Waals surface area contributed by atoms with Gasteiger partial charge in [0.15, 0.2) is 0 Å². The number of hydrogen-bond donors (Lipinski definition) is 1. The number of benzene rings is 1. The number of alkyl halides is 3. The number of anilines is 1. The predicted octanol–water partition coefficient (Wildman–Crippen LogP) is 2.53. The molecule has 0 fully saturated rings. The third-order valence-electron chi connectivity index (χ3n) is 3.06. The van der Waals surface area contributed by atoms with Crippen LogP contribution in [-0.4, -0.2) is 43.5 Å². The van der Waals surface area contributed by atoms with Crippen LogP contribution in [0.25, 0.3) is 0 Å². The van der Waals surface area contributed by atoms with E-state index < -0.39 is 17.6 Å². The molecule has 1 aromatic carbocycles. The molecule has 1 N–H and O–H groups in total. The lowest BCUT2D eigenvalue weighted by Gasteiger charge is -2.21. The maximum atomic E-state index is 12.9. The molecule has 0 atom stereocenters. The zero-order valence-corrected chi connectivity index (χ0v) is 12.9. The molecule has 0 aliphatic carbocycles. The van der Waals surface area contributed by atoms with E-state index in [1.165, 1.54) is 37.1 Å². The Bertz CT molecular complexity index is 547. The summed E-state index contributed by atoms with van der Waals surface area (Å²) in [5, 5.41) is 2.21. The van der Waals surface area contributed by atoms with Crippen molar-refractivity contribution in [3.8, 4) is 0 Å². The summed E-state index contributed by atoms with van der Waals surface area (Å²) < 4.78 is 43.5. The van der Waals surface area contributed by atoms with Crippen LogP contribution in [0, 0.1) is 0 Å². The first-order valence-corrected chi connectivity index (χ1v) is 6.96. The molecule has 0 aliphatic heterocycles. The zero-order chi connectivity index (χ0) is 17.5. The van der Waals surface area contributed by atoms with E-state index in [2.05, 4.69) is 5.32 Å². The van der Waals surface area contributed by atoms with Gasteiger partial charge in [-0.05, 0) is 18.6 Å². The van der Waals surface area contributed by atoms with Gasteiger partial charge in [-0.2, -0.15) is 13.2 Å². The minimum atomic E-state index is -4.57. The normalized spacial score (nSPS) is 11.2. The van der Waals surface area contributed by atoms with Gasteiger partial charge >= 0.3 is 6.18 Å². The SMILES string of the molecule is COCCCN(CC(=O)Nc1ccccc1C(F)(F)F)C(C)=O. The second-order valence-electron chi connectivity index (χ2n) is 4.88. The highest BCUT2D eigenvalue weighted by molar-refractivity contribution is 5.95. The van der Waals surface area contributed by atoms with Gasteiger partial charge in [-0.15, -0.1) is 0 Å². The smallest absolute Gasteiger partial charge is 0.385 e. The summed E-state index contributed by atoms with van der Waals surface area (Å²) in [6.07, 6.45) is -4.04. The van der Waals surface area contributed by atoms with E-state index in [9.17, 15) is 22.8 Å². The number of rotatable bonds is 7. The highest BCUT2D eigenvalue weighted by atomic mass is 19.4. The quantitative estimate of drug-likeness (QED) is 0.781. The molecule has 0 heterocycles. The Morgan fingerprint density at radius 3 is 2.48 bits per heavy atom. The average Bonchev–Trinajstić information content (AvgIpc) is 2.45. The van der Waals surface area contributed by atoms with E-state index in [-0.39, 0.29) is 24.7 Å². The van der Waals surface area contributed by atoms with Crippen LogP contribution in [0.1, 0.15) is 18.9 Å². The van der Waals surface area contributed by atoms with E-state index in [1.807, 2.05) is 0 Å². The molecule has 0 aromatic heterocycles. The second kappa shape index (κ2) is 8.52. The van der Waals surface area contributed by atoms with Gasteiger partial charge in [-0.1, -0.05) is 12.1 Å². The number of methoxy groups -OCH3 is 1. The molecule has 0 unspecified atom stereocenters. The number of ether oxygens (including phenoxy) is 1. The Kier molecular flexibility index (Phi) is 7.02. The van der Waals surface area contributed by atoms with Gasteiger partial charge in [0.1, 0.15) is 0 Å². The van der Waals surface area contributed by atoms with Crippen molar-refractivity contribution >= 4 is 17.5 Å². The summed E-state index contributed by atoms with van der Waals surface area (Å²) in [7, 11) is 1.51. The van der Waals surface area contributed by atoms with Gasteiger partial charge in [0.25, 0.3) is 0 Å². The van der Waals surface area contributed by atoms with Crippen LogP contribution in [-0.2, 0) is 20.5 Å². The fourth-order valence-electron chi connectivity index (χ4n) is 1.95. The summed E-state index contributed by atoms with van der Waals surface area (Å²) in [5.74, 6) is -1.02. The van der Waals surface area contributed by atoms with Crippen LogP contribution >= 0.6 is 0 Å². The Balaban J connectivity index is 2.74. The van der Waals surface area contributed by atoms with Crippen LogP contribution in [0.4, 0.5) is 18.9 Å². The van der Waals surface area contributed by atoms with Gasteiger partial charge in [-0.25, -0.2) is 0 Å². The number of carbonyl (C=O) groups excluding carboxylic acids is 2. The van der Waals surface area contributed by atoms with E-state index in [4.69, 9.17) is 4.74 Å². The molecular formula is C15H19F3N2O3. The average molecular weight is 332 g/mol. The minimum absolute atomic E-state index is 0.289. The minimum Gasteiger partial charge on any atom is -0.385 e. The summed E-state index contributed by atoms with van der Waals surface area (Å²) in [4.78, 5) is 24.7. The van der Waals surface area contributed by atoms with Crippen molar-refractivity contribution in [3.05, 3.63) is 29.8 Å². The number of amides is 2. The third kappa shape index (κ3) is 6.27. The fraction of sp³-hybridized carbons (Fsp3) is 0.467. The molecule has 8 heteroatoms. The third-order valence-corrected chi connectivity index (χ3v) is 3.06. The molecule has 0 saturated heterocycles. The van der Waals surface area contributed by atoms with E-state index >= 15 is 0 Å². The maximum absolute atomic E-state index is 12.9. The Morgan fingerprint density at radius 1 is 1.26 bits per heavy atom.